The van der Waals surface area contributed by atoms with Gasteiger partial charge in [-0.15, -0.1) is 0 Å². The molecular formula is C21H23ClN2O2. The van der Waals surface area contributed by atoms with Crippen LogP contribution in [0.1, 0.15) is 37.9 Å². The summed E-state index contributed by atoms with van der Waals surface area (Å²) in [6.07, 6.45) is 2.60. The highest BCUT2D eigenvalue weighted by molar-refractivity contribution is 6.30. The van der Waals surface area contributed by atoms with Crippen LogP contribution in [0.4, 0.5) is 0 Å². The van der Waals surface area contributed by atoms with Crippen molar-refractivity contribution in [1.29, 1.82) is 0 Å². The van der Waals surface area contributed by atoms with E-state index in [-0.39, 0.29) is 11.2 Å². The van der Waals surface area contributed by atoms with Crippen molar-refractivity contribution >= 4 is 24.2 Å². The second-order valence-corrected chi connectivity index (χ2v) is 8.33. The summed E-state index contributed by atoms with van der Waals surface area (Å²) < 4.78 is 0. The van der Waals surface area contributed by atoms with Gasteiger partial charge < -0.3 is 14.8 Å². The number of aliphatic imine (C=N–C) groups is 1. The summed E-state index contributed by atoms with van der Waals surface area (Å²) in [5.41, 5.74) is 0.300. The maximum atomic E-state index is 12.4. The molecule has 2 aromatic carbocycles. The Morgan fingerprint density at radius 3 is 2.50 bits per heavy atom. The van der Waals surface area contributed by atoms with Crippen molar-refractivity contribution in [2.75, 3.05) is 6.54 Å². The molecule has 26 heavy (non-hydrogen) atoms. The summed E-state index contributed by atoms with van der Waals surface area (Å²) in [7, 11) is 0. The van der Waals surface area contributed by atoms with E-state index in [1.165, 1.54) is 6.07 Å². The van der Waals surface area contributed by atoms with Gasteiger partial charge in [-0.1, -0.05) is 68.8 Å². The molecule has 0 radical (unpaired) electrons. The van der Waals surface area contributed by atoms with Crippen LogP contribution < -0.4 is 0 Å². The first kappa shape index (κ1) is 18.5. The van der Waals surface area contributed by atoms with Crippen LogP contribution in [0.25, 0.3) is 0 Å². The Balaban J connectivity index is 2.17. The number of hydrogen-bond donors (Lipinski definition) is 1. The van der Waals surface area contributed by atoms with E-state index < -0.39 is 11.6 Å². The number of nitrogens with zero attached hydrogens (tertiary/aromatic N) is 2. The number of carbonyl (C=O) groups is 1. The Hall–Kier alpha value is -2.33. The molecule has 1 aliphatic rings. The Labute approximate surface area is 159 Å². The van der Waals surface area contributed by atoms with Gasteiger partial charge in [0.2, 0.25) is 0 Å². The van der Waals surface area contributed by atoms with Crippen LogP contribution in [-0.4, -0.2) is 29.2 Å². The number of halogens is 1. The van der Waals surface area contributed by atoms with Crippen LogP contribution in [0.15, 0.2) is 53.5 Å². The Kier molecular flexibility index (Phi) is 4.80. The zero-order valence-electron chi connectivity index (χ0n) is 15.2. The third kappa shape index (κ3) is 3.34. The van der Waals surface area contributed by atoms with Crippen molar-refractivity contribution in [2.45, 2.75) is 32.4 Å². The lowest BCUT2D eigenvalue weighted by atomic mass is 9.80. The number of benzene rings is 2. The molecule has 0 aromatic heterocycles. The van der Waals surface area contributed by atoms with Gasteiger partial charge in [-0.25, -0.2) is 0 Å². The summed E-state index contributed by atoms with van der Waals surface area (Å²) in [6.45, 7) is 7.07. The topological polar surface area (TPSA) is 52.9 Å². The number of aromatic hydroxyl groups is 1. The number of carbonyl (C=O) groups excluding carboxylic acids is 1. The Bertz CT molecular complexity index is 830. The zero-order chi connectivity index (χ0) is 18.9. The molecular weight excluding hydrogens is 348 g/mol. The molecule has 1 N–H and O–H groups in total. The van der Waals surface area contributed by atoms with E-state index in [4.69, 9.17) is 11.6 Å². The van der Waals surface area contributed by atoms with E-state index in [1.54, 1.807) is 18.5 Å². The van der Waals surface area contributed by atoms with Crippen molar-refractivity contribution in [3.63, 3.8) is 0 Å². The molecule has 4 nitrogen and oxygen atoms in total. The predicted molar refractivity (Wildman–Crippen MR) is 105 cm³/mol. The van der Waals surface area contributed by atoms with Crippen molar-refractivity contribution in [3.8, 4) is 5.75 Å². The van der Waals surface area contributed by atoms with Crippen LogP contribution in [0.2, 0.25) is 5.02 Å². The Morgan fingerprint density at radius 2 is 1.92 bits per heavy atom. The second-order valence-electron chi connectivity index (χ2n) is 7.89. The molecule has 0 saturated carbocycles. The second kappa shape index (κ2) is 6.76. The van der Waals surface area contributed by atoms with Gasteiger partial charge in [0.1, 0.15) is 5.75 Å². The number of aldehydes is 1. The van der Waals surface area contributed by atoms with Gasteiger partial charge >= 0.3 is 0 Å². The van der Waals surface area contributed by atoms with E-state index >= 15 is 0 Å². The van der Waals surface area contributed by atoms with Crippen LogP contribution in [-0.2, 0) is 10.3 Å². The van der Waals surface area contributed by atoms with E-state index in [0.29, 0.717) is 17.1 Å². The number of phenols is 1. The van der Waals surface area contributed by atoms with Crippen molar-refractivity contribution in [1.82, 2.24) is 4.90 Å². The van der Waals surface area contributed by atoms with Gasteiger partial charge in [0.25, 0.3) is 0 Å². The van der Waals surface area contributed by atoms with Gasteiger partial charge in [-0.2, -0.15) is 0 Å². The molecule has 0 unspecified atom stereocenters. The van der Waals surface area contributed by atoms with Gasteiger partial charge in [-0.05, 0) is 23.1 Å². The molecule has 0 aliphatic carbocycles. The summed E-state index contributed by atoms with van der Waals surface area (Å²) in [5, 5.41) is 11.0. The maximum absolute atomic E-state index is 12.4. The van der Waals surface area contributed by atoms with E-state index in [1.807, 2.05) is 35.2 Å². The summed E-state index contributed by atoms with van der Waals surface area (Å²) in [5.74, 6) is 0.0639. The molecule has 0 fully saturated rings. The first-order chi connectivity index (χ1) is 12.3. The molecule has 0 amide bonds. The summed E-state index contributed by atoms with van der Waals surface area (Å²) >= 11 is 6.01. The minimum atomic E-state index is -1.11. The lowest BCUT2D eigenvalue weighted by Gasteiger charge is -2.37. The minimum Gasteiger partial charge on any atom is -0.508 e. The molecule has 2 aromatic rings. The highest BCUT2D eigenvalue weighted by Gasteiger charge is 2.49. The predicted octanol–water partition coefficient (Wildman–Crippen LogP) is 4.57. The molecule has 1 heterocycles. The maximum Gasteiger partial charge on any atom is 0.167 e. The third-order valence-electron chi connectivity index (χ3n) is 4.53. The average Bonchev–Trinajstić information content (AvgIpc) is 2.93. The van der Waals surface area contributed by atoms with Gasteiger partial charge in [0.05, 0.1) is 12.4 Å². The van der Waals surface area contributed by atoms with Crippen molar-refractivity contribution < 1.29 is 9.90 Å². The van der Waals surface area contributed by atoms with E-state index in [2.05, 4.69) is 25.8 Å². The molecule has 1 aliphatic heterocycles. The first-order valence-electron chi connectivity index (χ1n) is 8.58. The summed E-state index contributed by atoms with van der Waals surface area (Å²) in [4.78, 5) is 19.0. The quantitative estimate of drug-likeness (QED) is 0.802. The van der Waals surface area contributed by atoms with E-state index in [0.717, 1.165) is 11.8 Å². The smallest absolute Gasteiger partial charge is 0.167 e. The summed E-state index contributed by atoms with van der Waals surface area (Å²) in [6, 6.07) is 14.0. The fraction of sp³-hybridized carbons (Fsp3) is 0.333. The normalized spacial score (nSPS) is 22.6. The highest BCUT2D eigenvalue weighted by Crippen LogP contribution is 2.48. The SMILES string of the molecule is CC(C)(C)CN1C=N[C@](C=O)(c2ccccc2)[C@@H]1c1ccc(Cl)cc1O. The molecule has 3 rings (SSSR count). The molecule has 0 saturated heterocycles. The van der Waals surface area contributed by atoms with Gasteiger partial charge in [-0.3, -0.25) is 4.99 Å². The molecule has 2 atom stereocenters. The highest BCUT2D eigenvalue weighted by atomic mass is 35.5. The number of rotatable bonds is 4. The monoisotopic (exact) mass is 370 g/mol. The molecule has 0 spiro atoms. The molecule has 136 valence electrons. The van der Waals surface area contributed by atoms with Crippen molar-refractivity contribution in [3.05, 3.63) is 64.7 Å². The van der Waals surface area contributed by atoms with Crippen LogP contribution in [0.5, 0.6) is 5.75 Å². The largest absolute Gasteiger partial charge is 0.508 e. The van der Waals surface area contributed by atoms with Crippen LogP contribution in [0.3, 0.4) is 0 Å². The van der Waals surface area contributed by atoms with Gasteiger partial charge in [0, 0.05) is 17.1 Å². The fourth-order valence-electron chi connectivity index (χ4n) is 3.50. The number of hydrogen-bond acceptors (Lipinski definition) is 4. The fourth-order valence-corrected chi connectivity index (χ4v) is 3.67. The van der Waals surface area contributed by atoms with Crippen molar-refractivity contribution in [2.24, 2.45) is 10.4 Å². The van der Waals surface area contributed by atoms with Crippen LogP contribution in [0, 0.1) is 5.41 Å². The third-order valence-corrected chi connectivity index (χ3v) is 4.76. The van der Waals surface area contributed by atoms with E-state index in [9.17, 15) is 9.90 Å². The first-order valence-corrected chi connectivity index (χ1v) is 8.96. The van der Waals surface area contributed by atoms with Crippen LogP contribution >= 0.6 is 11.6 Å². The minimum absolute atomic E-state index is 0.0119. The molecule has 5 heteroatoms. The number of phenolic OH excluding ortho intramolecular Hbond substituents is 1. The average molecular weight is 371 g/mol. The zero-order valence-corrected chi connectivity index (χ0v) is 15.9. The van der Waals surface area contributed by atoms with Gasteiger partial charge in [0.15, 0.2) is 11.8 Å². The lowest BCUT2D eigenvalue weighted by Crippen LogP contribution is -2.41. The standard InChI is InChI=1S/C21H23ClN2O2/c1-20(2,3)12-24-14-23-21(13-25,15-7-5-4-6-8-15)19(24)17-10-9-16(22)11-18(17)26/h4-11,13-14,19,26H,12H2,1-3H3/t19-,21+/m0/s1. The lowest BCUT2D eigenvalue weighted by molar-refractivity contribution is -0.113. The Morgan fingerprint density at radius 1 is 1.23 bits per heavy atom. The molecule has 0 bridgehead atoms.